The lowest BCUT2D eigenvalue weighted by Gasteiger charge is -2.21. The quantitative estimate of drug-likeness (QED) is 0.893. The molecule has 0 fully saturated rings. The van der Waals surface area contributed by atoms with Gasteiger partial charge in [0.05, 0.1) is 13.0 Å². The highest BCUT2D eigenvalue weighted by atomic mass is 35.5. The van der Waals surface area contributed by atoms with Crippen LogP contribution in [0.1, 0.15) is 24.0 Å². The van der Waals surface area contributed by atoms with Gasteiger partial charge in [-0.2, -0.15) is 0 Å². The molecule has 0 spiro atoms. The van der Waals surface area contributed by atoms with E-state index >= 15 is 0 Å². The number of halogens is 1. The second-order valence-electron chi connectivity index (χ2n) is 5.27. The van der Waals surface area contributed by atoms with Crippen molar-refractivity contribution < 1.29 is 14.3 Å². The van der Waals surface area contributed by atoms with Gasteiger partial charge in [-0.3, -0.25) is 4.79 Å². The van der Waals surface area contributed by atoms with E-state index in [1.807, 2.05) is 6.07 Å². The van der Waals surface area contributed by atoms with Crippen LogP contribution in [0.2, 0.25) is 5.02 Å². The summed E-state index contributed by atoms with van der Waals surface area (Å²) in [6.45, 7) is 3.49. The molecule has 0 radical (unpaired) electrons. The first kappa shape index (κ1) is 15.6. The standard InChI is InChI=1S/C16H18ClNO3/c1-11-6-7-14(21-11)16(2,20)10-18-15(19)9-12-4-3-5-13(17)8-12/h3-8,20H,9-10H2,1-2H3,(H,18,19). The fourth-order valence-electron chi connectivity index (χ4n) is 1.98. The monoisotopic (exact) mass is 307 g/mol. The Labute approximate surface area is 128 Å². The highest BCUT2D eigenvalue weighted by Crippen LogP contribution is 2.22. The Morgan fingerprint density at radius 2 is 2.14 bits per heavy atom. The Morgan fingerprint density at radius 1 is 1.38 bits per heavy atom. The average molecular weight is 308 g/mol. The number of hydrogen-bond donors (Lipinski definition) is 2. The van der Waals surface area contributed by atoms with Gasteiger partial charge >= 0.3 is 0 Å². The number of aliphatic hydroxyl groups is 1. The van der Waals surface area contributed by atoms with Gasteiger partial charge in [0.1, 0.15) is 17.1 Å². The first-order valence-electron chi connectivity index (χ1n) is 6.67. The molecule has 4 nitrogen and oxygen atoms in total. The molecule has 21 heavy (non-hydrogen) atoms. The molecule has 5 heteroatoms. The van der Waals surface area contributed by atoms with Gasteiger partial charge in [-0.15, -0.1) is 0 Å². The Hall–Kier alpha value is -1.78. The Kier molecular flexibility index (Phi) is 4.70. The van der Waals surface area contributed by atoms with Gasteiger partial charge in [0.25, 0.3) is 0 Å². The predicted molar refractivity (Wildman–Crippen MR) is 81.2 cm³/mol. The zero-order valence-corrected chi connectivity index (χ0v) is 12.8. The van der Waals surface area contributed by atoms with E-state index in [9.17, 15) is 9.90 Å². The molecule has 1 heterocycles. The molecule has 1 amide bonds. The van der Waals surface area contributed by atoms with Crippen molar-refractivity contribution in [1.29, 1.82) is 0 Å². The number of furan rings is 1. The molecular weight excluding hydrogens is 290 g/mol. The summed E-state index contributed by atoms with van der Waals surface area (Å²) in [7, 11) is 0. The molecule has 0 saturated carbocycles. The number of nitrogens with one attached hydrogen (secondary N) is 1. The molecule has 0 aliphatic heterocycles. The first-order valence-corrected chi connectivity index (χ1v) is 7.05. The number of carbonyl (C=O) groups excluding carboxylic acids is 1. The van der Waals surface area contributed by atoms with Gasteiger partial charge in [0, 0.05) is 5.02 Å². The lowest BCUT2D eigenvalue weighted by atomic mass is 10.0. The van der Waals surface area contributed by atoms with Crippen molar-refractivity contribution in [2.24, 2.45) is 0 Å². The average Bonchev–Trinajstić information content (AvgIpc) is 2.84. The number of hydrogen-bond acceptors (Lipinski definition) is 3. The fourth-order valence-corrected chi connectivity index (χ4v) is 2.19. The molecule has 1 aromatic heterocycles. The van der Waals surface area contributed by atoms with E-state index in [1.165, 1.54) is 0 Å². The molecule has 2 rings (SSSR count). The van der Waals surface area contributed by atoms with Crippen LogP contribution in [0, 0.1) is 6.92 Å². The molecule has 2 aromatic rings. The summed E-state index contributed by atoms with van der Waals surface area (Å²) in [5, 5.41) is 13.6. The molecule has 0 aliphatic carbocycles. The van der Waals surface area contributed by atoms with Gasteiger partial charge < -0.3 is 14.8 Å². The van der Waals surface area contributed by atoms with Gasteiger partial charge in [0.2, 0.25) is 5.91 Å². The van der Waals surface area contributed by atoms with Crippen molar-refractivity contribution in [3.05, 3.63) is 58.5 Å². The van der Waals surface area contributed by atoms with Crippen LogP contribution in [0.15, 0.2) is 40.8 Å². The number of amides is 1. The van der Waals surface area contributed by atoms with Crippen LogP contribution in [0.25, 0.3) is 0 Å². The van der Waals surface area contributed by atoms with E-state index in [1.54, 1.807) is 44.2 Å². The van der Waals surface area contributed by atoms with Crippen LogP contribution in [0.5, 0.6) is 0 Å². The molecular formula is C16H18ClNO3. The van der Waals surface area contributed by atoms with E-state index in [0.717, 1.165) is 11.3 Å². The number of aryl methyl sites for hydroxylation is 1. The SMILES string of the molecule is Cc1ccc(C(C)(O)CNC(=O)Cc2cccc(Cl)c2)o1. The Bertz CT molecular complexity index is 634. The predicted octanol–water partition coefficient (Wildman–Crippen LogP) is 2.81. The van der Waals surface area contributed by atoms with E-state index in [0.29, 0.717) is 10.8 Å². The largest absolute Gasteiger partial charge is 0.463 e. The van der Waals surface area contributed by atoms with E-state index in [4.69, 9.17) is 16.0 Å². The summed E-state index contributed by atoms with van der Waals surface area (Å²) >= 11 is 5.88. The summed E-state index contributed by atoms with van der Waals surface area (Å²) in [5.74, 6) is 0.972. The minimum absolute atomic E-state index is 0.0827. The number of rotatable bonds is 5. The highest BCUT2D eigenvalue weighted by molar-refractivity contribution is 6.30. The fraction of sp³-hybridized carbons (Fsp3) is 0.312. The molecule has 0 saturated heterocycles. The highest BCUT2D eigenvalue weighted by Gasteiger charge is 2.27. The Morgan fingerprint density at radius 3 is 2.76 bits per heavy atom. The third kappa shape index (κ3) is 4.34. The second-order valence-corrected chi connectivity index (χ2v) is 5.70. The van der Waals surface area contributed by atoms with Gasteiger partial charge in [0.15, 0.2) is 0 Å². The second kappa shape index (κ2) is 6.33. The zero-order valence-electron chi connectivity index (χ0n) is 12.0. The maximum Gasteiger partial charge on any atom is 0.224 e. The lowest BCUT2D eigenvalue weighted by molar-refractivity contribution is -0.121. The van der Waals surface area contributed by atoms with Gasteiger partial charge in [-0.1, -0.05) is 23.7 Å². The van der Waals surface area contributed by atoms with E-state index in [2.05, 4.69) is 5.32 Å². The van der Waals surface area contributed by atoms with Crippen LogP contribution in [0.3, 0.4) is 0 Å². The van der Waals surface area contributed by atoms with Crippen LogP contribution in [-0.2, 0) is 16.8 Å². The van der Waals surface area contributed by atoms with Gasteiger partial charge in [-0.05, 0) is 43.7 Å². The van der Waals surface area contributed by atoms with Crippen LogP contribution < -0.4 is 5.32 Å². The smallest absolute Gasteiger partial charge is 0.224 e. The van der Waals surface area contributed by atoms with Crippen molar-refractivity contribution in [3.8, 4) is 0 Å². The summed E-state index contributed by atoms with van der Waals surface area (Å²) < 4.78 is 5.40. The molecule has 2 N–H and O–H groups in total. The summed E-state index contributed by atoms with van der Waals surface area (Å²) in [6.07, 6.45) is 0.216. The molecule has 1 atom stereocenters. The third-order valence-corrected chi connectivity index (χ3v) is 3.39. The van der Waals surface area contributed by atoms with Crippen molar-refractivity contribution in [3.63, 3.8) is 0 Å². The minimum atomic E-state index is -1.24. The third-order valence-electron chi connectivity index (χ3n) is 3.15. The van der Waals surface area contributed by atoms with Crippen molar-refractivity contribution in [2.75, 3.05) is 6.54 Å². The maximum absolute atomic E-state index is 11.9. The molecule has 1 aromatic carbocycles. The molecule has 0 aliphatic rings. The zero-order chi connectivity index (χ0) is 15.5. The first-order chi connectivity index (χ1) is 9.87. The van der Waals surface area contributed by atoms with E-state index < -0.39 is 5.60 Å². The van der Waals surface area contributed by atoms with Gasteiger partial charge in [-0.25, -0.2) is 0 Å². The Balaban J connectivity index is 1.91. The summed E-state index contributed by atoms with van der Waals surface area (Å²) in [4.78, 5) is 11.9. The maximum atomic E-state index is 11.9. The van der Waals surface area contributed by atoms with Crippen molar-refractivity contribution in [1.82, 2.24) is 5.32 Å². The van der Waals surface area contributed by atoms with Crippen molar-refractivity contribution >= 4 is 17.5 Å². The number of benzene rings is 1. The van der Waals surface area contributed by atoms with Crippen LogP contribution in [-0.4, -0.2) is 17.6 Å². The normalized spacial score (nSPS) is 13.7. The lowest BCUT2D eigenvalue weighted by Crippen LogP contribution is -2.39. The molecule has 0 bridgehead atoms. The van der Waals surface area contributed by atoms with Crippen LogP contribution in [0.4, 0.5) is 0 Å². The summed E-state index contributed by atoms with van der Waals surface area (Å²) in [6, 6.07) is 10.6. The van der Waals surface area contributed by atoms with E-state index in [-0.39, 0.29) is 18.9 Å². The topological polar surface area (TPSA) is 62.5 Å². The summed E-state index contributed by atoms with van der Waals surface area (Å²) in [5.41, 5.74) is -0.411. The van der Waals surface area contributed by atoms with Crippen LogP contribution >= 0.6 is 11.6 Å². The molecule has 112 valence electrons. The van der Waals surface area contributed by atoms with Crippen molar-refractivity contribution in [2.45, 2.75) is 25.9 Å². The number of carbonyl (C=O) groups is 1. The molecule has 1 unspecified atom stereocenters. The minimum Gasteiger partial charge on any atom is -0.463 e.